The van der Waals surface area contributed by atoms with Crippen molar-refractivity contribution in [1.82, 2.24) is 0 Å². The lowest BCUT2D eigenvalue weighted by Gasteiger charge is -2.18. The number of carbonyl (C=O) groups is 3. The molecular formula is C62H102O6. The molecule has 0 N–H and O–H groups in total. The van der Waals surface area contributed by atoms with Gasteiger partial charge in [-0.25, -0.2) is 0 Å². The molecular weight excluding hydrogens is 841 g/mol. The van der Waals surface area contributed by atoms with E-state index in [4.69, 9.17) is 14.2 Å². The first-order valence-electron chi connectivity index (χ1n) is 27.9. The van der Waals surface area contributed by atoms with Crippen molar-refractivity contribution in [2.75, 3.05) is 13.2 Å². The van der Waals surface area contributed by atoms with E-state index in [1.807, 2.05) is 6.08 Å². The van der Waals surface area contributed by atoms with Gasteiger partial charge >= 0.3 is 17.9 Å². The van der Waals surface area contributed by atoms with E-state index in [2.05, 4.69) is 124 Å². The van der Waals surface area contributed by atoms with Gasteiger partial charge in [-0.1, -0.05) is 226 Å². The summed E-state index contributed by atoms with van der Waals surface area (Å²) in [6.45, 7) is 6.41. The monoisotopic (exact) mass is 943 g/mol. The summed E-state index contributed by atoms with van der Waals surface area (Å²) < 4.78 is 16.7. The minimum atomic E-state index is -0.825. The van der Waals surface area contributed by atoms with E-state index in [1.165, 1.54) is 89.9 Å². The Morgan fingerprint density at radius 2 is 0.647 bits per heavy atom. The summed E-state index contributed by atoms with van der Waals surface area (Å²) in [4.78, 5) is 38.1. The van der Waals surface area contributed by atoms with Crippen LogP contribution in [0, 0.1) is 0 Å². The van der Waals surface area contributed by atoms with Crippen LogP contribution in [-0.2, 0) is 28.6 Å². The van der Waals surface area contributed by atoms with Crippen LogP contribution in [0.25, 0.3) is 0 Å². The second-order valence-corrected chi connectivity index (χ2v) is 18.1. The van der Waals surface area contributed by atoms with Crippen LogP contribution in [0.5, 0.6) is 0 Å². The van der Waals surface area contributed by atoms with E-state index in [0.29, 0.717) is 12.8 Å². The first-order valence-corrected chi connectivity index (χ1v) is 27.9. The molecule has 0 aromatic carbocycles. The van der Waals surface area contributed by atoms with Crippen molar-refractivity contribution in [2.24, 2.45) is 0 Å². The van der Waals surface area contributed by atoms with Crippen LogP contribution in [0.1, 0.15) is 245 Å². The number of hydrogen-bond acceptors (Lipinski definition) is 6. The lowest BCUT2D eigenvalue weighted by molar-refractivity contribution is -0.166. The highest BCUT2D eigenvalue weighted by molar-refractivity contribution is 5.71. The van der Waals surface area contributed by atoms with Crippen LogP contribution in [0.4, 0.5) is 0 Å². The predicted octanol–water partition coefficient (Wildman–Crippen LogP) is 18.7. The molecule has 0 radical (unpaired) electrons. The van der Waals surface area contributed by atoms with Gasteiger partial charge in [0.1, 0.15) is 13.2 Å². The van der Waals surface area contributed by atoms with Gasteiger partial charge in [0, 0.05) is 19.3 Å². The third-order valence-electron chi connectivity index (χ3n) is 11.5. The van der Waals surface area contributed by atoms with E-state index in [0.717, 1.165) is 109 Å². The second-order valence-electron chi connectivity index (χ2n) is 18.1. The molecule has 68 heavy (non-hydrogen) atoms. The Balaban J connectivity index is 4.53. The lowest BCUT2D eigenvalue weighted by atomic mass is 10.1. The molecule has 6 nitrogen and oxygen atoms in total. The molecule has 386 valence electrons. The van der Waals surface area contributed by atoms with Gasteiger partial charge in [0.25, 0.3) is 0 Å². The topological polar surface area (TPSA) is 78.9 Å². The summed E-state index contributed by atoms with van der Waals surface area (Å²) in [6, 6.07) is 0. The third-order valence-corrected chi connectivity index (χ3v) is 11.5. The maximum atomic E-state index is 12.8. The zero-order valence-corrected chi connectivity index (χ0v) is 44.1. The maximum Gasteiger partial charge on any atom is 0.306 e. The van der Waals surface area contributed by atoms with E-state index < -0.39 is 6.10 Å². The molecule has 0 rings (SSSR count). The quantitative estimate of drug-likeness (QED) is 0.0199. The van der Waals surface area contributed by atoms with Crippen molar-refractivity contribution in [1.29, 1.82) is 0 Å². The van der Waals surface area contributed by atoms with E-state index >= 15 is 0 Å². The minimum absolute atomic E-state index is 0.120. The molecule has 1 atom stereocenters. The van der Waals surface area contributed by atoms with E-state index in [-0.39, 0.29) is 44.0 Å². The highest BCUT2D eigenvalue weighted by Crippen LogP contribution is 2.13. The Labute approximate surface area is 419 Å². The Morgan fingerprint density at radius 3 is 1.09 bits per heavy atom. The first-order chi connectivity index (χ1) is 33.5. The van der Waals surface area contributed by atoms with Gasteiger partial charge in [-0.2, -0.15) is 0 Å². The largest absolute Gasteiger partial charge is 0.462 e. The summed E-state index contributed by atoms with van der Waals surface area (Å²) in [6.07, 6.45) is 75.2. The molecule has 1 unspecified atom stereocenters. The van der Waals surface area contributed by atoms with Crippen LogP contribution in [0.3, 0.4) is 0 Å². The van der Waals surface area contributed by atoms with Crippen molar-refractivity contribution in [3.05, 3.63) is 109 Å². The molecule has 0 aromatic rings. The molecule has 0 aliphatic heterocycles. The SMILES string of the molecule is CC/C=C\C/C=C\C/C=C\C/C=C\C/C=C\CCCCCC(=O)OCC(COC(=O)CC/C=C\C/C=C\CCCCCCCC)OC(=O)CCCCCCC/C=C\C=C/CCCCCCCCC. The Morgan fingerprint density at radius 1 is 0.324 bits per heavy atom. The molecule has 0 saturated carbocycles. The Hall–Kier alpha value is -3.93. The molecule has 0 heterocycles. The van der Waals surface area contributed by atoms with Gasteiger partial charge in [-0.3, -0.25) is 14.4 Å². The fourth-order valence-electron chi connectivity index (χ4n) is 7.34. The van der Waals surface area contributed by atoms with Gasteiger partial charge < -0.3 is 14.2 Å². The smallest absolute Gasteiger partial charge is 0.306 e. The zero-order chi connectivity index (χ0) is 49.3. The van der Waals surface area contributed by atoms with E-state index in [9.17, 15) is 14.4 Å². The molecule has 0 fully saturated rings. The van der Waals surface area contributed by atoms with Gasteiger partial charge in [0.2, 0.25) is 0 Å². The van der Waals surface area contributed by atoms with Gasteiger partial charge in [-0.05, 0) is 109 Å². The zero-order valence-electron chi connectivity index (χ0n) is 44.1. The molecule has 0 spiro atoms. The molecule has 0 aliphatic carbocycles. The highest BCUT2D eigenvalue weighted by atomic mass is 16.6. The fraction of sp³-hybridized carbons (Fsp3) is 0.661. The Kier molecular flexibility index (Phi) is 52.4. The molecule has 6 heteroatoms. The fourth-order valence-corrected chi connectivity index (χ4v) is 7.34. The van der Waals surface area contributed by atoms with Gasteiger partial charge in [0.15, 0.2) is 6.10 Å². The average molecular weight is 943 g/mol. The van der Waals surface area contributed by atoms with Crippen molar-refractivity contribution in [3.63, 3.8) is 0 Å². The summed E-state index contributed by atoms with van der Waals surface area (Å²) in [5.41, 5.74) is 0. The van der Waals surface area contributed by atoms with Crippen LogP contribution < -0.4 is 0 Å². The van der Waals surface area contributed by atoms with Gasteiger partial charge in [-0.15, -0.1) is 0 Å². The molecule has 0 aromatic heterocycles. The van der Waals surface area contributed by atoms with Crippen molar-refractivity contribution < 1.29 is 28.6 Å². The van der Waals surface area contributed by atoms with Crippen LogP contribution >= 0.6 is 0 Å². The van der Waals surface area contributed by atoms with Crippen LogP contribution in [0.2, 0.25) is 0 Å². The summed E-state index contributed by atoms with van der Waals surface area (Å²) in [5, 5.41) is 0. The normalized spacial score (nSPS) is 12.9. The van der Waals surface area contributed by atoms with Crippen LogP contribution in [-0.4, -0.2) is 37.2 Å². The maximum absolute atomic E-state index is 12.8. The first kappa shape index (κ1) is 64.1. The average Bonchev–Trinajstić information content (AvgIpc) is 3.34. The van der Waals surface area contributed by atoms with Crippen molar-refractivity contribution in [3.8, 4) is 0 Å². The summed E-state index contributed by atoms with van der Waals surface area (Å²) in [7, 11) is 0. The molecule has 0 bridgehead atoms. The predicted molar refractivity (Wildman–Crippen MR) is 293 cm³/mol. The summed E-state index contributed by atoms with van der Waals surface area (Å²) >= 11 is 0. The molecule has 0 amide bonds. The third kappa shape index (κ3) is 53.0. The van der Waals surface area contributed by atoms with Crippen molar-refractivity contribution >= 4 is 17.9 Å². The minimum Gasteiger partial charge on any atom is -0.462 e. The standard InChI is InChI=1S/C62H102O6/c1-4-7-10-13-16-19-22-25-27-29-31-33-34-37-40-43-46-49-52-55-61(64)67-58-59(57-66-60(63)54-51-48-45-42-39-36-24-21-18-15-12-9-6-3)68-62(65)56-53-50-47-44-41-38-35-32-30-28-26-23-20-17-14-11-8-5-2/h7,10,16,19,25,27-28,30-33,35-37,39-40,45,48,59H,4-6,8-9,11-15,17-18,20-24,26,29,34,38,41-44,46-47,49-58H2,1-3H3/b10-7-,19-16-,27-25-,30-28-,33-31-,35-32-,39-36-,40-37-,48-45-. The van der Waals surface area contributed by atoms with Crippen molar-refractivity contribution in [2.45, 2.75) is 252 Å². The molecule has 0 aliphatic rings. The van der Waals surface area contributed by atoms with E-state index in [1.54, 1.807) is 0 Å². The Bertz CT molecular complexity index is 1410. The van der Waals surface area contributed by atoms with Gasteiger partial charge in [0.05, 0.1) is 0 Å². The van der Waals surface area contributed by atoms with Crippen LogP contribution in [0.15, 0.2) is 109 Å². The summed E-state index contributed by atoms with van der Waals surface area (Å²) in [5.74, 6) is -1.04. The lowest BCUT2D eigenvalue weighted by Crippen LogP contribution is -2.30. The number of unbranched alkanes of at least 4 members (excludes halogenated alkanes) is 21. The number of carbonyl (C=O) groups excluding carboxylic acids is 3. The second kappa shape index (κ2) is 55.7. The number of hydrogen-bond donors (Lipinski definition) is 0. The number of esters is 3. The number of allylic oxidation sites excluding steroid dienone is 18. The number of rotatable bonds is 49. The molecule has 0 saturated heterocycles. The number of ether oxygens (including phenoxy) is 3. The highest BCUT2D eigenvalue weighted by Gasteiger charge is 2.19.